The van der Waals surface area contributed by atoms with Crippen LogP contribution in [0.1, 0.15) is 0 Å². The smallest absolute Gasteiger partial charge is 0.319 e. The fourth-order valence-corrected chi connectivity index (χ4v) is 1.78. The molecule has 0 aliphatic heterocycles. The van der Waals surface area contributed by atoms with Crippen LogP contribution in [0, 0.1) is 0 Å². The van der Waals surface area contributed by atoms with E-state index in [4.69, 9.17) is 5.11 Å². The lowest BCUT2D eigenvalue weighted by molar-refractivity contribution is -0.134. The van der Waals surface area contributed by atoms with Crippen LogP contribution in [0.2, 0.25) is 0 Å². The van der Waals surface area contributed by atoms with Crippen molar-refractivity contribution in [3.63, 3.8) is 0 Å². The summed E-state index contributed by atoms with van der Waals surface area (Å²) in [6.45, 7) is 0. The van der Waals surface area contributed by atoms with Crippen LogP contribution in [0.3, 0.4) is 0 Å². The highest BCUT2D eigenvalue weighted by Crippen LogP contribution is 2.07. The van der Waals surface area contributed by atoms with Crippen molar-refractivity contribution in [2.24, 2.45) is 0 Å². The van der Waals surface area contributed by atoms with Gasteiger partial charge < -0.3 is 5.11 Å². The number of carbonyl (C=O) groups is 1. The van der Waals surface area contributed by atoms with E-state index in [1.165, 1.54) is 18.3 Å². The lowest BCUT2D eigenvalue weighted by atomic mass is 10.5. The molecule has 1 aromatic heterocycles. The number of hydrogen-bond acceptors (Lipinski definition) is 4. The van der Waals surface area contributed by atoms with E-state index in [0.29, 0.717) is 0 Å². The van der Waals surface area contributed by atoms with Gasteiger partial charge in [-0.25, -0.2) is 8.42 Å². The Bertz CT molecular complexity index is 398. The largest absolute Gasteiger partial charge is 0.480 e. The quantitative estimate of drug-likeness (QED) is 0.740. The fourth-order valence-electron chi connectivity index (χ4n) is 0.777. The molecular weight excluding hydrogens is 194 g/mol. The van der Waals surface area contributed by atoms with E-state index < -0.39 is 21.6 Å². The third-order valence-corrected chi connectivity index (χ3v) is 2.89. The van der Waals surface area contributed by atoms with Gasteiger partial charge in [-0.2, -0.15) is 0 Å². The van der Waals surface area contributed by atoms with Crippen molar-refractivity contribution in [1.82, 2.24) is 4.98 Å². The van der Waals surface area contributed by atoms with Gasteiger partial charge in [-0.05, 0) is 12.1 Å². The monoisotopic (exact) mass is 201 g/mol. The van der Waals surface area contributed by atoms with Crippen LogP contribution in [-0.2, 0) is 14.6 Å². The van der Waals surface area contributed by atoms with Crippen molar-refractivity contribution < 1.29 is 18.3 Å². The number of rotatable bonds is 3. The first-order valence-corrected chi connectivity index (χ1v) is 5.02. The molecule has 1 heterocycles. The standard InChI is InChI=1S/C7H7NO4S/c9-7(10)5-13(11,12)6-2-1-3-8-4-6/h1-4H,5H2,(H,9,10). The summed E-state index contributed by atoms with van der Waals surface area (Å²) in [6.07, 6.45) is 2.54. The van der Waals surface area contributed by atoms with Crippen LogP contribution in [0.5, 0.6) is 0 Å². The molecule has 0 bridgehead atoms. The van der Waals surface area contributed by atoms with Gasteiger partial charge in [-0.1, -0.05) is 0 Å². The van der Waals surface area contributed by atoms with E-state index in [1.807, 2.05) is 0 Å². The second kappa shape index (κ2) is 3.53. The summed E-state index contributed by atoms with van der Waals surface area (Å²) < 4.78 is 22.4. The summed E-state index contributed by atoms with van der Waals surface area (Å²) in [5.74, 6) is -2.28. The molecule has 1 rings (SSSR count). The van der Waals surface area contributed by atoms with Gasteiger partial charge in [0.05, 0.1) is 4.90 Å². The third-order valence-electron chi connectivity index (χ3n) is 1.31. The van der Waals surface area contributed by atoms with Crippen molar-refractivity contribution in [1.29, 1.82) is 0 Å². The molecule has 5 nitrogen and oxygen atoms in total. The maximum Gasteiger partial charge on any atom is 0.319 e. The Balaban J connectivity index is 3.02. The van der Waals surface area contributed by atoms with E-state index in [-0.39, 0.29) is 4.90 Å². The van der Waals surface area contributed by atoms with Crippen molar-refractivity contribution >= 4 is 15.8 Å². The van der Waals surface area contributed by atoms with Gasteiger partial charge in [-0.3, -0.25) is 9.78 Å². The molecule has 0 saturated heterocycles. The fraction of sp³-hybridized carbons (Fsp3) is 0.143. The van der Waals surface area contributed by atoms with E-state index >= 15 is 0 Å². The minimum atomic E-state index is -3.72. The first-order chi connectivity index (χ1) is 6.02. The average molecular weight is 201 g/mol. The number of nitrogens with zero attached hydrogens (tertiary/aromatic N) is 1. The Hall–Kier alpha value is -1.43. The molecule has 0 aliphatic carbocycles. The second-order valence-corrected chi connectivity index (χ2v) is 4.33. The first-order valence-electron chi connectivity index (χ1n) is 3.37. The summed E-state index contributed by atoms with van der Waals surface area (Å²) >= 11 is 0. The SMILES string of the molecule is O=C(O)CS(=O)(=O)c1cccnc1. The lowest BCUT2D eigenvalue weighted by Crippen LogP contribution is -2.15. The summed E-state index contributed by atoms with van der Waals surface area (Å²) in [5.41, 5.74) is 0. The van der Waals surface area contributed by atoms with Crippen LogP contribution in [-0.4, -0.2) is 30.2 Å². The highest BCUT2D eigenvalue weighted by molar-refractivity contribution is 7.92. The Kier molecular flexibility index (Phi) is 2.62. The number of hydrogen-bond donors (Lipinski definition) is 1. The molecule has 0 unspecified atom stereocenters. The second-order valence-electron chi connectivity index (χ2n) is 2.34. The Morgan fingerprint density at radius 2 is 2.23 bits per heavy atom. The van der Waals surface area contributed by atoms with Crippen LogP contribution < -0.4 is 0 Å². The minimum absolute atomic E-state index is 0.0719. The third kappa shape index (κ3) is 2.51. The summed E-state index contributed by atoms with van der Waals surface area (Å²) in [4.78, 5) is 13.7. The number of carboxylic acids is 1. The van der Waals surface area contributed by atoms with Crippen LogP contribution in [0.25, 0.3) is 0 Å². The van der Waals surface area contributed by atoms with Crippen LogP contribution in [0.4, 0.5) is 0 Å². The summed E-state index contributed by atoms with van der Waals surface area (Å²) in [6, 6.07) is 2.75. The van der Waals surface area contributed by atoms with E-state index in [0.717, 1.165) is 6.20 Å². The van der Waals surface area contributed by atoms with Gasteiger partial charge in [-0.15, -0.1) is 0 Å². The maximum absolute atomic E-state index is 11.2. The first kappa shape index (κ1) is 9.66. The van der Waals surface area contributed by atoms with Gasteiger partial charge in [0, 0.05) is 12.4 Å². The van der Waals surface area contributed by atoms with Crippen LogP contribution >= 0.6 is 0 Å². The van der Waals surface area contributed by atoms with Crippen molar-refractivity contribution in [2.75, 3.05) is 5.75 Å². The molecular formula is C7H7NO4S. The van der Waals surface area contributed by atoms with Gasteiger partial charge in [0.1, 0.15) is 0 Å². The van der Waals surface area contributed by atoms with E-state index in [2.05, 4.69) is 4.98 Å². The number of aliphatic carboxylic acids is 1. The predicted octanol–water partition coefficient (Wildman–Crippen LogP) is -0.0601. The van der Waals surface area contributed by atoms with Gasteiger partial charge >= 0.3 is 5.97 Å². The van der Waals surface area contributed by atoms with E-state index in [9.17, 15) is 13.2 Å². The molecule has 0 spiro atoms. The zero-order chi connectivity index (χ0) is 9.90. The highest BCUT2D eigenvalue weighted by Gasteiger charge is 2.18. The highest BCUT2D eigenvalue weighted by atomic mass is 32.2. The molecule has 0 fully saturated rings. The zero-order valence-corrected chi connectivity index (χ0v) is 7.36. The average Bonchev–Trinajstić information content (AvgIpc) is 2.04. The Morgan fingerprint density at radius 3 is 2.69 bits per heavy atom. The number of pyridine rings is 1. The molecule has 70 valence electrons. The topological polar surface area (TPSA) is 84.3 Å². The molecule has 13 heavy (non-hydrogen) atoms. The summed E-state index contributed by atoms with van der Waals surface area (Å²) in [5, 5.41) is 8.31. The number of aromatic nitrogens is 1. The van der Waals surface area contributed by atoms with Gasteiger partial charge in [0.15, 0.2) is 15.6 Å². The molecule has 0 saturated carbocycles. The number of sulfone groups is 1. The normalized spacial score (nSPS) is 11.1. The molecule has 0 radical (unpaired) electrons. The predicted molar refractivity (Wildman–Crippen MR) is 43.9 cm³/mol. The van der Waals surface area contributed by atoms with Crippen LogP contribution in [0.15, 0.2) is 29.4 Å². The van der Waals surface area contributed by atoms with E-state index in [1.54, 1.807) is 0 Å². The Morgan fingerprint density at radius 1 is 1.54 bits per heavy atom. The molecule has 6 heteroatoms. The lowest BCUT2D eigenvalue weighted by Gasteiger charge is -1.98. The zero-order valence-electron chi connectivity index (χ0n) is 6.54. The molecule has 1 N–H and O–H groups in total. The molecule has 1 aromatic rings. The number of carboxylic acid groups (broad SMARTS) is 1. The van der Waals surface area contributed by atoms with Crippen molar-refractivity contribution in [2.45, 2.75) is 4.90 Å². The molecule has 0 aliphatic rings. The minimum Gasteiger partial charge on any atom is -0.480 e. The summed E-state index contributed by atoms with van der Waals surface area (Å²) in [7, 11) is -3.72. The van der Waals surface area contributed by atoms with Crippen molar-refractivity contribution in [3.8, 4) is 0 Å². The Labute approximate surface area is 75.0 Å². The molecule has 0 atom stereocenters. The molecule has 0 aromatic carbocycles. The molecule has 0 amide bonds. The van der Waals surface area contributed by atoms with Crippen molar-refractivity contribution in [3.05, 3.63) is 24.5 Å². The maximum atomic E-state index is 11.2. The van der Waals surface area contributed by atoms with Gasteiger partial charge in [0.25, 0.3) is 0 Å². The van der Waals surface area contributed by atoms with Gasteiger partial charge in [0.2, 0.25) is 0 Å².